The fraction of sp³-hybridized carbons (Fsp3) is 0.480. The number of nitrogens with zero attached hydrogens (tertiary/aromatic N) is 1. The standard InChI is InChI=1S/C25H35NO4/c1-5-6-11-25(27)30-23(18-26(2)3)19-29-24-10-8-7-9-21(24)15-12-20-13-16-22(28-4)17-14-20/h7-10,13-14,16-17,23H,5-6,11-12,15,18-19H2,1-4H3/t23-/m1/s1. The van der Waals surface area contributed by atoms with E-state index < -0.39 is 0 Å². The van der Waals surface area contributed by atoms with Crippen molar-refractivity contribution in [3.8, 4) is 11.5 Å². The first-order valence-electron chi connectivity index (χ1n) is 10.7. The van der Waals surface area contributed by atoms with Crippen molar-refractivity contribution in [3.05, 3.63) is 59.7 Å². The van der Waals surface area contributed by atoms with Gasteiger partial charge in [0.1, 0.15) is 24.2 Å². The molecule has 0 aromatic heterocycles. The summed E-state index contributed by atoms with van der Waals surface area (Å²) in [6.45, 7) is 3.04. The number of esters is 1. The number of ether oxygens (including phenoxy) is 3. The lowest BCUT2D eigenvalue weighted by molar-refractivity contribution is -0.151. The van der Waals surface area contributed by atoms with Crippen LogP contribution in [0.4, 0.5) is 0 Å². The maximum absolute atomic E-state index is 12.1. The maximum Gasteiger partial charge on any atom is 0.306 e. The molecule has 0 saturated carbocycles. The zero-order valence-corrected chi connectivity index (χ0v) is 18.7. The van der Waals surface area contributed by atoms with Crippen LogP contribution < -0.4 is 9.47 Å². The third kappa shape index (κ3) is 8.46. The third-order valence-corrected chi connectivity index (χ3v) is 4.84. The molecule has 0 N–H and O–H groups in total. The number of hydrogen-bond acceptors (Lipinski definition) is 5. The molecule has 0 aliphatic carbocycles. The minimum absolute atomic E-state index is 0.153. The SMILES string of the molecule is CCCCC(=O)O[C@@H](COc1ccccc1CCc1ccc(OC)cc1)CN(C)C. The molecule has 164 valence electrons. The molecular weight excluding hydrogens is 378 g/mol. The monoisotopic (exact) mass is 413 g/mol. The topological polar surface area (TPSA) is 48.0 Å². The Kier molecular flexibility index (Phi) is 10.2. The smallest absolute Gasteiger partial charge is 0.306 e. The molecule has 5 nitrogen and oxygen atoms in total. The van der Waals surface area contributed by atoms with Crippen LogP contribution in [0, 0.1) is 0 Å². The van der Waals surface area contributed by atoms with E-state index in [4.69, 9.17) is 14.2 Å². The molecule has 0 fully saturated rings. The van der Waals surface area contributed by atoms with Gasteiger partial charge in [-0.1, -0.05) is 43.7 Å². The fourth-order valence-electron chi connectivity index (χ4n) is 3.20. The summed E-state index contributed by atoms with van der Waals surface area (Å²) in [5, 5.41) is 0. The van der Waals surface area contributed by atoms with Gasteiger partial charge in [-0.2, -0.15) is 0 Å². The van der Waals surface area contributed by atoms with Crippen molar-refractivity contribution in [3.63, 3.8) is 0 Å². The third-order valence-electron chi connectivity index (χ3n) is 4.84. The van der Waals surface area contributed by atoms with Gasteiger partial charge >= 0.3 is 5.97 Å². The largest absolute Gasteiger partial charge is 0.497 e. The summed E-state index contributed by atoms with van der Waals surface area (Å²) in [4.78, 5) is 14.1. The maximum atomic E-state index is 12.1. The Morgan fingerprint density at radius 3 is 2.43 bits per heavy atom. The molecular formula is C25H35NO4. The lowest BCUT2D eigenvalue weighted by Gasteiger charge is -2.22. The zero-order valence-electron chi connectivity index (χ0n) is 18.7. The van der Waals surface area contributed by atoms with E-state index in [0.717, 1.165) is 42.7 Å². The first kappa shape index (κ1) is 23.7. The van der Waals surface area contributed by atoms with E-state index in [2.05, 4.69) is 25.1 Å². The second-order valence-electron chi connectivity index (χ2n) is 7.74. The first-order chi connectivity index (χ1) is 14.5. The number of unbranched alkanes of at least 4 members (excludes halogenated alkanes) is 1. The average molecular weight is 414 g/mol. The van der Waals surface area contributed by atoms with Crippen molar-refractivity contribution >= 4 is 5.97 Å². The number of methoxy groups -OCH3 is 1. The van der Waals surface area contributed by atoms with Crippen molar-refractivity contribution < 1.29 is 19.0 Å². The predicted molar refractivity (Wildman–Crippen MR) is 120 cm³/mol. The Balaban J connectivity index is 1.96. The van der Waals surface area contributed by atoms with Crippen LogP contribution in [0.15, 0.2) is 48.5 Å². The molecule has 2 rings (SSSR count). The van der Waals surface area contributed by atoms with E-state index in [9.17, 15) is 4.79 Å². The van der Waals surface area contributed by atoms with E-state index in [1.165, 1.54) is 5.56 Å². The van der Waals surface area contributed by atoms with Gasteiger partial charge in [0.25, 0.3) is 0 Å². The van der Waals surface area contributed by atoms with Gasteiger partial charge in [0.05, 0.1) is 7.11 Å². The summed E-state index contributed by atoms with van der Waals surface area (Å²) >= 11 is 0. The Morgan fingerprint density at radius 1 is 1.03 bits per heavy atom. The van der Waals surface area contributed by atoms with Gasteiger partial charge in [-0.15, -0.1) is 0 Å². The summed E-state index contributed by atoms with van der Waals surface area (Å²) in [6.07, 6.45) is 3.78. The van der Waals surface area contributed by atoms with Crippen molar-refractivity contribution in [2.24, 2.45) is 0 Å². The highest BCUT2D eigenvalue weighted by Gasteiger charge is 2.17. The predicted octanol–water partition coefficient (Wildman–Crippen LogP) is 4.52. The van der Waals surface area contributed by atoms with Gasteiger partial charge in [-0.3, -0.25) is 4.79 Å². The fourth-order valence-corrected chi connectivity index (χ4v) is 3.20. The van der Waals surface area contributed by atoms with Crippen molar-refractivity contribution in [2.75, 3.05) is 34.4 Å². The molecule has 0 heterocycles. The van der Waals surface area contributed by atoms with Crippen molar-refractivity contribution in [2.45, 2.75) is 45.1 Å². The number of likely N-dealkylation sites (N-methyl/N-ethyl adjacent to an activating group) is 1. The van der Waals surface area contributed by atoms with Gasteiger partial charge in [0.15, 0.2) is 0 Å². The van der Waals surface area contributed by atoms with E-state index >= 15 is 0 Å². The lowest BCUT2D eigenvalue weighted by atomic mass is 10.0. The van der Waals surface area contributed by atoms with Crippen LogP contribution in [0.2, 0.25) is 0 Å². The molecule has 0 unspecified atom stereocenters. The Bertz CT molecular complexity index is 758. The number of aryl methyl sites for hydroxylation is 2. The highest BCUT2D eigenvalue weighted by atomic mass is 16.6. The average Bonchev–Trinajstić information content (AvgIpc) is 2.75. The Morgan fingerprint density at radius 2 is 1.77 bits per heavy atom. The Labute approximate surface area is 180 Å². The van der Waals surface area contributed by atoms with Crippen molar-refractivity contribution in [1.29, 1.82) is 0 Å². The van der Waals surface area contributed by atoms with Gasteiger partial charge in [-0.25, -0.2) is 0 Å². The first-order valence-corrected chi connectivity index (χ1v) is 10.7. The van der Waals surface area contributed by atoms with E-state index in [1.807, 2.05) is 49.3 Å². The molecule has 2 aromatic rings. The second kappa shape index (κ2) is 12.9. The number of rotatable bonds is 13. The molecule has 30 heavy (non-hydrogen) atoms. The van der Waals surface area contributed by atoms with Crippen LogP contribution in [-0.2, 0) is 22.4 Å². The number of para-hydroxylation sites is 1. The molecule has 0 radical (unpaired) electrons. The summed E-state index contributed by atoms with van der Waals surface area (Å²) < 4.78 is 17.0. The van der Waals surface area contributed by atoms with E-state index in [-0.39, 0.29) is 12.1 Å². The number of benzene rings is 2. The van der Waals surface area contributed by atoms with Gasteiger partial charge < -0.3 is 19.1 Å². The summed E-state index contributed by atoms with van der Waals surface area (Å²) in [6, 6.07) is 16.2. The quantitative estimate of drug-likeness (QED) is 0.452. The van der Waals surface area contributed by atoms with Crippen LogP contribution in [-0.4, -0.2) is 51.3 Å². The summed E-state index contributed by atoms with van der Waals surface area (Å²) in [7, 11) is 5.61. The molecule has 0 aliphatic rings. The van der Waals surface area contributed by atoms with Crippen LogP contribution in [0.1, 0.15) is 37.3 Å². The number of carbonyl (C=O) groups excluding carboxylic acids is 1. The molecule has 5 heteroatoms. The lowest BCUT2D eigenvalue weighted by Crippen LogP contribution is -2.35. The minimum Gasteiger partial charge on any atom is -0.497 e. The van der Waals surface area contributed by atoms with Gasteiger partial charge in [-0.05, 0) is 62.7 Å². The van der Waals surface area contributed by atoms with E-state index in [0.29, 0.717) is 19.6 Å². The summed E-state index contributed by atoms with van der Waals surface area (Å²) in [5.74, 6) is 1.56. The molecule has 0 aliphatic heterocycles. The molecule has 0 bridgehead atoms. The van der Waals surface area contributed by atoms with Crippen LogP contribution in [0.5, 0.6) is 11.5 Å². The molecule has 0 saturated heterocycles. The highest BCUT2D eigenvalue weighted by Crippen LogP contribution is 2.21. The van der Waals surface area contributed by atoms with Gasteiger partial charge in [0.2, 0.25) is 0 Å². The van der Waals surface area contributed by atoms with Crippen LogP contribution >= 0.6 is 0 Å². The van der Waals surface area contributed by atoms with Crippen molar-refractivity contribution in [1.82, 2.24) is 4.90 Å². The number of hydrogen-bond donors (Lipinski definition) is 0. The Hall–Kier alpha value is -2.53. The minimum atomic E-state index is -0.293. The van der Waals surface area contributed by atoms with Crippen LogP contribution in [0.3, 0.4) is 0 Å². The normalized spacial score (nSPS) is 11.9. The molecule has 0 spiro atoms. The molecule has 1 atom stereocenters. The molecule has 0 amide bonds. The van der Waals surface area contributed by atoms with Crippen LogP contribution in [0.25, 0.3) is 0 Å². The summed E-state index contributed by atoms with van der Waals surface area (Å²) in [5.41, 5.74) is 2.40. The zero-order chi connectivity index (χ0) is 21.8. The van der Waals surface area contributed by atoms with E-state index in [1.54, 1.807) is 7.11 Å². The molecule has 2 aromatic carbocycles. The van der Waals surface area contributed by atoms with Gasteiger partial charge in [0, 0.05) is 13.0 Å². The number of carbonyl (C=O) groups is 1. The highest BCUT2D eigenvalue weighted by molar-refractivity contribution is 5.69. The second-order valence-corrected chi connectivity index (χ2v) is 7.74.